The Morgan fingerprint density at radius 1 is 1.23 bits per heavy atom. The van der Waals surface area contributed by atoms with E-state index >= 15 is 0 Å². The van der Waals surface area contributed by atoms with Crippen molar-refractivity contribution in [1.82, 2.24) is 4.90 Å². The molecule has 2 aliphatic heterocycles. The molecule has 0 aliphatic carbocycles. The number of β-amino-alcohol motifs (C(OH)–C–C–N with tert-alkyl or cyclic N) is 1. The van der Waals surface area contributed by atoms with E-state index in [1.807, 2.05) is 24.3 Å². The van der Waals surface area contributed by atoms with Gasteiger partial charge in [-0.15, -0.1) is 0 Å². The number of aliphatic hydroxyl groups excluding tert-OH is 1. The second kappa shape index (κ2) is 9.24. The van der Waals surface area contributed by atoms with Crippen LogP contribution in [0.1, 0.15) is 17.5 Å². The normalized spacial score (nSPS) is 16.7. The summed E-state index contributed by atoms with van der Waals surface area (Å²) in [6.45, 7) is 2.57. The molecule has 30 heavy (non-hydrogen) atoms. The third-order valence-corrected chi connectivity index (χ3v) is 5.50. The Labute approximate surface area is 177 Å². The summed E-state index contributed by atoms with van der Waals surface area (Å²) in [5, 5.41) is 10.5. The number of aliphatic imine (C=N–C) groups is 1. The molecule has 1 N–H and O–H groups in total. The van der Waals surface area contributed by atoms with Gasteiger partial charge in [0.05, 0.1) is 0 Å². The summed E-state index contributed by atoms with van der Waals surface area (Å²) in [5.74, 6) is 0.477. The Morgan fingerprint density at radius 2 is 2.07 bits per heavy atom. The fourth-order valence-electron chi connectivity index (χ4n) is 3.83. The smallest absolute Gasteiger partial charge is 0.276 e. The minimum absolute atomic E-state index is 0.147. The lowest BCUT2D eigenvalue weighted by Crippen LogP contribution is -2.38. The van der Waals surface area contributed by atoms with Crippen LogP contribution in [0.2, 0.25) is 0 Å². The molecule has 4 rings (SSSR count). The second-order valence-corrected chi connectivity index (χ2v) is 7.72. The highest BCUT2D eigenvalue weighted by atomic mass is 16.5. The molecule has 2 aliphatic rings. The number of nitrogens with zero attached hydrogens (tertiary/aromatic N) is 3. The summed E-state index contributed by atoms with van der Waals surface area (Å²) in [6, 6.07) is 15.8. The highest BCUT2D eigenvalue weighted by Crippen LogP contribution is 2.23. The first-order valence-corrected chi connectivity index (χ1v) is 10.3. The Balaban J connectivity index is 1.30. The fourth-order valence-corrected chi connectivity index (χ4v) is 3.83. The van der Waals surface area contributed by atoms with Crippen molar-refractivity contribution in [2.24, 2.45) is 4.99 Å². The van der Waals surface area contributed by atoms with E-state index in [2.05, 4.69) is 34.2 Å². The topological polar surface area (TPSA) is 65.4 Å². The number of amides is 1. The molecule has 1 atom stereocenters. The Morgan fingerprint density at radius 3 is 2.87 bits per heavy atom. The number of benzene rings is 2. The highest BCUT2D eigenvalue weighted by Gasteiger charge is 2.20. The molecule has 6 nitrogen and oxygen atoms in total. The summed E-state index contributed by atoms with van der Waals surface area (Å²) >= 11 is 0. The molecule has 0 bridgehead atoms. The number of fused-ring (bicyclic) bond motifs is 1. The minimum atomic E-state index is -0.587. The van der Waals surface area contributed by atoms with Gasteiger partial charge in [-0.25, -0.2) is 0 Å². The molecule has 0 spiro atoms. The Hall–Kier alpha value is -2.96. The molecule has 0 saturated heterocycles. The lowest BCUT2D eigenvalue weighted by Gasteiger charge is -2.30. The monoisotopic (exact) mass is 405 g/mol. The first-order chi connectivity index (χ1) is 14.6. The number of hydrogen-bond donors (Lipinski definition) is 1. The Kier molecular flexibility index (Phi) is 6.26. The molecule has 2 heterocycles. The van der Waals surface area contributed by atoms with Gasteiger partial charge in [0, 0.05) is 51.1 Å². The van der Waals surface area contributed by atoms with E-state index in [0.717, 1.165) is 25.2 Å². The van der Waals surface area contributed by atoms with Gasteiger partial charge < -0.3 is 14.7 Å². The number of rotatable bonds is 7. The van der Waals surface area contributed by atoms with Crippen molar-refractivity contribution in [3.63, 3.8) is 0 Å². The summed E-state index contributed by atoms with van der Waals surface area (Å²) in [4.78, 5) is 20.4. The van der Waals surface area contributed by atoms with E-state index in [-0.39, 0.29) is 12.5 Å². The van der Waals surface area contributed by atoms with E-state index in [0.29, 0.717) is 24.4 Å². The number of ether oxygens (including phenoxy) is 1. The van der Waals surface area contributed by atoms with E-state index in [4.69, 9.17) is 4.74 Å². The van der Waals surface area contributed by atoms with E-state index in [9.17, 15) is 9.90 Å². The standard InChI is InChI=1S/C24H27N3O3/c1-26(24(29)23-10-5-12-25-23)20-8-4-9-22(14-20)30-17-21(28)16-27-13-11-18-6-2-3-7-19(18)15-27/h2-4,6-10,12,14,21,28H,5,11,13,15-17H2,1H3. The number of carbonyl (C=O) groups excluding carboxylic acids is 1. The maximum atomic E-state index is 12.5. The van der Waals surface area contributed by atoms with Crippen LogP contribution in [0.3, 0.4) is 0 Å². The number of aliphatic hydroxyl groups is 1. The largest absolute Gasteiger partial charge is 0.491 e. The summed E-state index contributed by atoms with van der Waals surface area (Å²) < 4.78 is 5.82. The van der Waals surface area contributed by atoms with Gasteiger partial charge in [-0.3, -0.25) is 14.7 Å². The van der Waals surface area contributed by atoms with Gasteiger partial charge in [-0.2, -0.15) is 0 Å². The van der Waals surface area contributed by atoms with Crippen LogP contribution in [0.25, 0.3) is 0 Å². The van der Waals surface area contributed by atoms with Crippen LogP contribution in [0.4, 0.5) is 5.69 Å². The molecule has 1 unspecified atom stereocenters. The first kappa shape index (κ1) is 20.3. The third kappa shape index (κ3) is 4.78. The lowest BCUT2D eigenvalue weighted by molar-refractivity contribution is -0.114. The summed E-state index contributed by atoms with van der Waals surface area (Å²) in [6.07, 6.45) is 4.65. The van der Waals surface area contributed by atoms with Gasteiger partial charge in [-0.05, 0) is 35.8 Å². The van der Waals surface area contributed by atoms with Crippen molar-refractivity contribution in [3.8, 4) is 5.75 Å². The van der Waals surface area contributed by atoms with Crippen molar-refractivity contribution in [3.05, 3.63) is 71.4 Å². The molecule has 6 heteroatoms. The summed E-state index contributed by atoms with van der Waals surface area (Å²) in [7, 11) is 1.72. The number of carbonyl (C=O) groups is 1. The van der Waals surface area contributed by atoms with Crippen molar-refractivity contribution in [2.75, 3.05) is 31.6 Å². The second-order valence-electron chi connectivity index (χ2n) is 7.72. The molecule has 156 valence electrons. The van der Waals surface area contributed by atoms with Gasteiger partial charge in [0.1, 0.15) is 24.2 Å². The quantitative estimate of drug-likeness (QED) is 0.769. The SMILES string of the molecule is CN(C(=O)C1=CCC=N1)c1cccc(OCC(O)CN2CCc3ccccc3C2)c1. The molecule has 2 aromatic carbocycles. The number of likely N-dealkylation sites (N-methyl/N-ethyl adjacent to an activating group) is 1. The number of allylic oxidation sites excluding steroid dienone is 1. The molecule has 0 saturated carbocycles. The Bertz CT molecular complexity index is 970. The van der Waals surface area contributed by atoms with Crippen LogP contribution in [-0.2, 0) is 17.8 Å². The lowest BCUT2D eigenvalue weighted by atomic mass is 10.00. The zero-order chi connectivity index (χ0) is 20.9. The average molecular weight is 405 g/mol. The van der Waals surface area contributed by atoms with E-state index < -0.39 is 6.10 Å². The molecule has 2 aromatic rings. The molecule has 0 aromatic heterocycles. The highest BCUT2D eigenvalue weighted by molar-refractivity contribution is 6.06. The third-order valence-electron chi connectivity index (χ3n) is 5.50. The average Bonchev–Trinajstić information content (AvgIpc) is 3.32. The zero-order valence-electron chi connectivity index (χ0n) is 17.2. The predicted molar refractivity (Wildman–Crippen MR) is 118 cm³/mol. The predicted octanol–water partition coefficient (Wildman–Crippen LogP) is 2.81. The van der Waals surface area contributed by atoms with Gasteiger partial charge >= 0.3 is 0 Å². The van der Waals surface area contributed by atoms with Gasteiger partial charge in [-0.1, -0.05) is 30.3 Å². The number of hydrogen-bond acceptors (Lipinski definition) is 5. The molecular formula is C24H27N3O3. The van der Waals surface area contributed by atoms with Crippen LogP contribution in [-0.4, -0.2) is 55.0 Å². The molecule has 1 amide bonds. The van der Waals surface area contributed by atoms with Gasteiger partial charge in [0.25, 0.3) is 5.91 Å². The van der Waals surface area contributed by atoms with Crippen molar-refractivity contribution in [1.29, 1.82) is 0 Å². The van der Waals surface area contributed by atoms with Crippen LogP contribution in [0.15, 0.2) is 65.3 Å². The number of anilines is 1. The molecule has 0 radical (unpaired) electrons. The minimum Gasteiger partial charge on any atom is -0.491 e. The summed E-state index contributed by atoms with van der Waals surface area (Å²) in [5.41, 5.74) is 3.91. The van der Waals surface area contributed by atoms with Crippen molar-refractivity contribution in [2.45, 2.75) is 25.5 Å². The van der Waals surface area contributed by atoms with Crippen LogP contribution >= 0.6 is 0 Å². The van der Waals surface area contributed by atoms with E-state index in [1.165, 1.54) is 11.1 Å². The zero-order valence-corrected chi connectivity index (χ0v) is 17.2. The fraction of sp³-hybridized carbons (Fsp3) is 0.333. The molecule has 0 fully saturated rings. The van der Waals surface area contributed by atoms with Gasteiger partial charge in [0.15, 0.2) is 0 Å². The first-order valence-electron chi connectivity index (χ1n) is 10.3. The van der Waals surface area contributed by atoms with Crippen LogP contribution in [0.5, 0.6) is 5.75 Å². The van der Waals surface area contributed by atoms with Crippen molar-refractivity contribution < 1.29 is 14.6 Å². The van der Waals surface area contributed by atoms with Crippen LogP contribution < -0.4 is 9.64 Å². The maximum Gasteiger partial charge on any atom is 0.276 e. The molecular weight excluding hydrogens is 378 g/mol. The maximum absolute atomic E-state index is 12.5. The van der Waals surface area contributed by atoms with Gasteiger partial charge in [0.2, 0.25) is 0 Å². The van der Waals surface area contributed by atoms with Crippen LogP contribution in [0, 0.1) is 0 Å². The van der Waals surface area contributed by atoms with Crippen molar-refractivity contribution >= 4 is 17.8 Å². The van der Waals surface area contributed by atoms with E-state index in [1.54, 1.807) is 24.2 Å².